The molecule has 196 valence electrons. The maximum atomic E-state index is 12.9. The summed E-state index contributed by atoms with van der Waals surface area (Å²) in [5.74, 6) is 0.640. The summed E-state index contributed by atoms with van der Waals surface area (Å²) >= 11 is 0. The van der Waals surface area contributed by atoms with Crippen LogP contribution in [0.25, 0.3) is 0 Å². The zero-order valence-corrected chi connectivity index (χ0v) is 21.7. The van der Waals surface area contributed by atoms with Crippen molar-refractivity contribution < 1.29 is 33.9 Å². The van der Waals surface area contributed by atoms with Crippen molar-refractivity contribution in [2.45, 2.75) is 109 Å². The molecule has 35 heavy (non-hydrogen) atoms. The van der Waals surface area contributed by atoms with Gasteiger partial charge in [0.05, 0.1) is 12.6 Å². The number of carbonyl (C=O) groups excluding carboxylic acids is 3. The summed E-state index contributed by atoms with van der Waals surface area (Å²) in [5, 5.41) is 2.12. The molecule has 0 aromatic rings. The normalized spacial score (nSPS) is 39.9. The summed E-state index contributed by atoms with van der Waals surface area (Å²) in [7, 11) is 0. The van der Waals surface area contributed by atoms with E-state index in [4.69, 9.17) is 19.9 Å². The number of quaternary nitrogens is 1. The highest BCUT2D eigenvalue weighted by molar-refractivity contribution is 5.88. The van der Waals surface area contributed by atoms with Gasteiger partial charge in [-0.1, -0.05) is 6.08 Å². The molecule has 8 nitrogen and oxygen atoms in total. The largest absolute Gasteiger partial charge is 0.462 e. The Bertz CT molecular complexity index is 857. The lowest BCUT2D eigenvalue weighted by atomic mass is 9.67. The van der Waals surface area contributed by atoms with Crippen LogP contribution in [0.15, 0.2) is 11.6 Å². The highest BCUT2D eigenvalue weighted by atomic mass is 16.6. The van der Waals surface area contributed by atoms with Crippen molar-refractivity contribution in [3.8, 4) is 0 Å². The molecule has 4 fully saturated rings. The molecule has 8 heteroatoms. The van der Waals surface area contributed by atoms with E-state index in [-0.39, 0.29) is 42.1 Å². The Morgan fingerprint density at radius 1 is 1.23 bits per heavy atom. The van der Waals surface area contributed by atoms with Gasteiger partial charge in [-0.3, -0.25) is 10.5 Å². The second-order valence-corrected chi connectivity index (χ2v) is 11.8. The minimum Gasteiger partial charge on any atom is -0.462 e. The van der Waals surface area contributed by atoms with Crippen molar-refractivity contribution in [3.63, 3.8) is 0 Å². The molecule has 1 saturated carbocycles. The molecule has 0 aromatic heterocycles. The van der Waals surface area contributed by atoms with Crippen LogP contribution in [0.4, 0.5) is 0 Å². The molecule has 8 atom stereocenters. The monoisotopic (exact) mass is 491 g/mol. The van der Waals surface area contributed by atoms with Crippen molar-refractivity contribution in [1.82, 2.24) is 0 Å². The zero-order valence-electron chi connectivity index (χ0n) is 21.7. The molecule has 3 aliphatic heterocycles. The van der Waals surface area contributed by atoms with E-state index in [1.807, 2.05) is 20.8 Å². The van der Waals surface area contributed by atoms with E-state index in [1.54, 1.807) is 13.0 Å². The second kappa shape index (κ2) is 10.3. The van der Waals surface area contributed by atoms with Gasteiger partial charge >= 0.3 is 11.9 Å². The molecule has 4 N–H and O–H groups in total. The van der Waals surface area contributed by atoms with E-state index in [0.29, 0.717) is 43.1 Å². The van der Waals surface area contributed by atoms with Crippen LogP contribution in [0, 0.1) is 23.7 Å². The Kier molecular flexibility index (Phi) is 7.74. The third-order valence-electron chi connectivity index (χ3n) is 9.27. The molecule has 4 aliphatic rings. The van der Waals surface area contributed by atoms with Crippen molar-refractivity contribution >= 4 is 18.2 Å². The lowest BCUT2D eigenvalue weighted by Crippen LogP contribution is -2.96. The summed E-state index contributed by atoms with van der Waals surface area (Å²) in [6, 6.07) is 0. The number of allylic oxidation sites excluding steroid dienone is 1. The molecule has 1 aliphatic carbocycles. The molecule has 0 bridgehead atoms. The number of rotatable bonds is 7. The van der Waals surface area contributed by atoms with Crippen LogP contribution in [0.1, 0.15) is 79.1 Å². The number of hydrogen-bond acceptors (Lipinski definition) is 7. The Labute approximate surface area is 208 Å². The van der Waals surface area contributed by atoms with Crippen LogP contribution in [-0.2, 0) is 28.6 Å². The molecule has 7 unspecified atom stereocenters. The number of piperidine rings is 1. The van der Waals surface area contributed by atoms with Gasteiger partial charge in [-0.15, -0.1) is 0 Å². The van der Waals surface area contributed by atoms with E-state index >= 15 is 0 Å². The molecule has 3 saturated heterocycles. The van der Waals surface area contributed by atoms with Gasteiger partial charge in [-0.2, -0.15) is 0 Å². The van der Waals surface area contributed by atoms with Crippen molar-refractivity contribution in [2.75, 3.05) is 6.54 Å². The average Bonchev–Trinajstić information content (AvgIpc) is 3.17. The van der Waals surface area contributed by atoms with Crippen molar-refractivity contribution in [3.05, 3.63) is 11.6 Å². The molecule has 0 amide bonds. The third-order valence-corrected chi connectivity index (χ3v) is 9.27. The number of ether oxygens (including phenoxy) is 3. The minimum atomic E-state index is -0.884. The van der Waals surface area contributed by atoms with Crippen molar-refractivity contribution in [1.29, 1.82) is 0 Å². The van der Waals surface area contributed by atoms with Gasteiger partial charge in [-0.05, 0) is 71.1 Å². The standard InChI is InChI=1S/C27H42N2O6/c1-5-16(2)25(32)35-26(3,4)27(13-19-11-23(28)29-15-18(19)8-9-30)14-20-10-17-6-7-24(31)33-21(17)12-22(20)34-27/h5,9,17-23,29H,6-8,10-15,28H2,1-4H3/p+1/t17?,18?,19?,20?,21?,22?,23?,27-/m1/s1. The van der Waals surface area contributed by atoms with E-state index < -0.39 is 11.2 Å². The van der Waals surface area contributed by atoms with Crippen LogP contribution in [0.2, 0.25) is 0 Å². The van der Waals surface area contributed by atoms with Gasteiger partial charge in [0.2, 0.25) is 0 Å². The number of carbonyl (C=O) groups is 3. The van der Waals surface area contributed by atoms with Crippen molar-refractivity contribution in [2.24, 2.45) is 29.4 Å². The lowest BCUT2D eigenvalue weighted by Gasteiger charge is -2.47. The topological polar surface area (TPSA) is 122 Å². The first-order chi connectivity index (χ1) is 16.6. The van der Waals surface area contributed by atoms with Crippen LogP contribution in [0.5, 0.6) is 0 Å². The van der Waals surface area contributed by atoms with Gasteiger partial charge < -0.3 is 24.3 Å². The summed E-state index contributed by atoms with van der Waals surface area (Å²) in [6.07, 6.45) is 8.37. The van der Waals surface area contributed by atoms with Gasteiger partial charge in [0.1, 0.15) is 29.8 Å². The van der Waals surface area contributed by atoms with Crippen LogP contribution < -0.4 is 11.1 Å². The summed E-state index contributed by atoms with van der Waals surface area (Å²) in [6.45, 7) is 8.32. The van der Waals surface area contributed by atoms with Gasteiger partial charge in [-0.25, -0.2) is 4.79 Å². The fraction of sp³-hybridized carbons (Fsp3) is 0.815. The number of nitrogens with two attached hydrogens (primary N) is 2. The smallest absolute Gasteiger partial charge is 0.334 e. The summed E-state index contributed by atoms with van der Waals surface area (Å²) < 4.78 is 18.8. The maximum absolute atomic E-state index is 12.9. The highest BCUT2D eigenvalue weighted by Crippen LogP contribution is 2.54. The van der Waals surface area contributed by atoms with Gasteiger partial charge in [0.15, 0.2) is 0 Å². The summed E-state index contributed by atoms with van der Waals surface area (Å²) in [4.78, 5) is 36.3. The molecule has 0 spiro atoms. The van der Waals surface area contributed by atoms with E-state index in [2.05, 4.69) is 5.32 Å². The van der Waals surface area contributed by atoms with E-state index in [9.17, 15) is 14.4 Å². The first kappa shape index (κ1) is 26.3. The molecular formula is C27H43N2O6+. The third kappa shape index (κ3) is 5.35. The predicted octanol–water partition coefficient (Wildman–Crippen LogP) is 2.00. The molecule has 3 heterocycles. The number of aldehydes is 1. The Hall–Kier alpha value is -1.77. The molecular weight excluding hydrogens is 448 g/mol. The number of esters is 2. The first-order valence-corrected chi connectivity index (χ1v) is 13.3. The van der Waals surface area contributed by atoms with Crippen LogP contribution in [-0.4, -0.2) is 54.3 Å². The van der Waals surface area contributed by atoms with E-state index in [0.717, 1.165) is 38.5 Å². The number of fused-ring (bicyclic) bond motifs is 2. The van der Waals surface area contributed by atoms with E-state index in [1.165, 1.54) is 0 Å². The van der Waals surface area contributed by atoms with Crippen LogP contribution >= 0.6 is 0 Å². The Morgan fingerprint density at radius 2 is 2.00 bits per heavy atom. The molecule has 0 aromatic carbocycles. The maximum Gasteiger partial charge on any atom is 0.334 e. The second-order valence-electron chi connectivity index (χ2n) is 11.8. The lowest BCUT2D eigenvalue weighted by molar-refractivity contribution is -0.706. The minimum absolute atomic E-state index is 0.0122. The fourth-order valence-electron chi connectivity index (χ4n) is 6.96. The average molecular weight is 492 g/mol. The predicted molar refractivity (Wildman–Crippen MR) is 129 cm³/mol. The Balaban J connectivity index is 1.63. The molecule has 4 rings (SSSR count). The van der Waals surface area contributed by atoms with Gasteiger partial charge in [0.25, 0.3) is 0 Å². The highest BCUT2D eigenvalue weighted by Gasteiger charge is 2.60. The quantitative estimate of drug-likeness (QED) is 0.317. The Morgan fingerprint density at radius 3 is 2.71 bits per heavy atom. The zero-order chi connectivity index (χ0) is 25.4. The molecule has 0 radical (unpaired) electrons. The number of hydrogen-bond donors (Lipinski definition) is 2. The fourth-order valence-corrected chi connectivity index (χ4v) is 6.96. The van der Waals surface area contributed by atoms with Gasteiger partial charge in [0, 0.05) is 37.2 Å². The summed E-state index contributed by atoms with van der Waals surface area (Å²) in [5.41, 5.74) is 5.31. The van der Waals surface area contributed by atoms with Crippen LogP contribution in [0.3, 0.4) is 0 Å². The SMILES string of the molecule is CC=C(C)C(=O)OC(C)(C)[C@@]1(CC2CC(N)[NH2+]CC2CC=O)CC2CC3CCC(=O)OC3CC2O1. The first-order valence-electron chi connectivity index (χ1n) is 13.3.